The summed E-state index contributed by atoms with van der Waals surface area (Å²) < 4.78 is 5.43. The maximum absolute atomic E-state index is 12.1. The summed E-state index contributed by atoms with van der Waals surface area (Å²) in [4.78, 5) is 29.4. The largest absolute Gasteiger partial charge is 0.444 e. The van der Waals surface area contributed by atoms with Crippen LogP contribution in [0.15, 0.2) is 18.5 Å². The van der Waals surface area contributed by atoms with Gasteiger partial charge in [-0.1, -0.05) is 0 Å². The van der Waals surface area contributed by atoms with Gasteiger partial charge in [-0.15, -0.1) is 0 Å². The van der Waals surface area contributed by atoms with E-state index < -0.39 is 5.60 Å². The van der Waals surface area contributed by atoms with Gasteiger partial charge >= 0.3 is 6.09 Å². The second kappa shape index (κ2) is 6.22. The molecule has 3 heterocycles. The van der Waals surface area contributed by atoms with Crippen molar-refractivity contribution in [3.05, 3.63) is 24.2 Å². The number of pyridine rings is 1. The highest BCUT2D eigenvalue weighted by atomic mass is 16.6. The molecule has 3 rings (SSSR count). The van der Waals surface area contributed by atoms with Crippen molar-refractivity contribution in [2.75, 3.05) is 31.1 Å². The van der Waals surface area contributed by atoms with Gasteiger partial charge in [0.25, 0.3) is 0 Å². The van der Waals surface area contributed by atoms with Gasteiger partial charge in [-0.05, 0) is 33.8 Å². The third-order valence-electron chi connectivity index (χ3n) is 3.85. The van der Waals surface area contributed by atoms with E-state index in [1.165, 1.54) is 0 Å². The van der Waals surface area contributed by atoms with E-state index in [0.29, 0.717) is 26.2 Å². The molecular formula is C17H23N5O2. The summed E-state index contributed by atoms with van der Waals surface area (Å²) in [6, 6.07) is 1.86. The van der Waals surface area contributed by atoms with E-state index in [2.05, 4.69) is 14.9 Å². The van der Waals surface area contributed by atoms with Gasteiger partial charge in [-0.3, -0.25) is 4.98 Å². The number of carbonyl (C=O) groups is 1. The molecule has 0 bridgehead atoms. The summed E-state index contributed by atoms with van der Waals surface area (Å²) in [7, 11) is 0. The Kier molecular flexibility index (Phi) is 4.26. The molecular weight excluding hydrogens is 306 g/mol. The van der Waals surface area contributed by atoms with Crippen LogP contribution in [0.2, 0.25) is 0 Å². The lowest BCUT2D eigenvalue weighted by molar-refractivity contribution is 0.0240. The first kappa shape index (κ1) is 16.4. The van der Waals surface area contributed by atoms with Gasteiger partial charge in [0.15, 0.2) is 5.82 Å². The molecule has 0 saturated carbocycles. The minimum Gasteiger partial charge on any atom is -0.444 e. The number of fused-ring (bicyclic) bond motifs is 1. The summed E-state index contributed by atoms with van der Waals surface area (Å²) in [5, 5.41) is 0. The Morgan fingerprint density at radius 2 is 1.83 bits per heavy atom. The molecule has 0 aliphatic carbocycles. The van der Waals surface area contributed by atoms with Gasteiger partial charge in [0.2, 0.25) is 0 Å². The molecule has 0 atom stereocenters. The van der Waals surface area contributed by atoms with E-state index in [1.807, 2.05) is 33.8 Å². The number of aryl methyl sites for hydroxylation is 1. The summed E-state index contributed by atoms with van der Waals surface area (Å²) >= 11 is 0. The number of hydrogen-bond donors (Lipinski definition) is 0. The predicted molar refractivity (Wildman–Crippen MR) is 92.1 cm³/mol. The predicted octanol–water partition coefficient (Wildman–Crippen LogP) is 2.39. The number of carbonyl (C=O) groups excluding carboxylic acids is 1. The van der Waals surface area contributed by atoms with Crippen LogP contribution in [0.4, 0.5) is 10.6 Å². The fourth-order valence-corrected chi connectivity index (χ4v) is 2.71. The minimum atomic E-state index is -0.470. The van der Waals surface area contributed by atoms with Gasteiger partial charge < -0.3 is 14.5 Å². The molecule has 1 fully saturated rings. The van der Waals surface area contributed by atoms with E-state index in [4.69, 9.17) is 9.72 Å². The summed E-state index contributed by atoms with van der Waals surface area (Å²) in [5.41, 5.74) is 2.04. The fraction of sp³-hybridized carbons (Fsp3) is 0.529. The first-order valence-corrected chi connectivity index (χ1v) is 8.15. The SMILES string of the molecule is Cc1nc2cnccc2nc1N1CCN(C(=O)OC(C)(C)C)CC1. The average Bonchev–Trinajstić information content (AvgIpc) is 2.53. The summed E-state index contributed by atoms with van der Waals surface area (Å²) in [6.07, 6.45) is 3.19. The molecule has 0 radical (unpaired) electrons. The van der Waals surface area contributed by atoms with E-state index in [0.717, 1.165) is 22.5 Å². The van der Waals surface area contributed by atoms with Crippen LogP contribution in [0.3, 0.4) is 0 Å². The zero-order valence-electron chi connectivity index (χ0n) is 14.6. The zero-order valence-corrected chi connectivity index (χ0v) is 14.6. The Balaban J connectivity index is 1.71. The number of ether oxygens (including phenoxy) is 1. The number of rotatable bonds is 1. The second-order valence-corrected chi connectivity index (χ2v) is 6.95. The van der Waals surface area contributed by atoms with E-state index >= 15 is 0 Å². The molecule has 2 aromatic rings. The summed E-state index contributed by atoms with van der Waals surface area (Å²) in [5.74, 6) is 0.873. The molecule has 0 N–H and O–H groups in total. The average molecular weight is 329 g/mol. The topological polar surface area (TPSA) is 71.5 Å². The smallest absolute Gasteiger partial charge is 0.410 e. The third kappa shape index (κ3) is 3.55. The molecule has 1 saturated heterocycles. The molecule has 0 spiro atoms. The van der Waals surface area contributed by atoms with Gasteiger partial charge in [0.1, 0.15) is 11.1 Å². The van der Waals surface area contributed by atoms with Crippen LogP contribution in [0.1, 0.15) is 26.5 Å². The molecule has 0 unspecified atom stereocenters. The number of piperazine rings is 1. The van der Waals surface area contributed by atoms with Gasteiger partial charge in [0, 0.05) is 32.4 Å². The van der Waals surface area contributed by atoms with E-state index in [9.17, 15) is 4.79 Å². The highest BCUT2D eigenvalue weighted by Crippen LogP contribution is 2.21. The van der Waals surface area contributed by atoms with E-state index in [1.54, 1.807) is 17.3 Å². The quantitative estimate of drug-likeness (QED) is 0.800. The van der Waals surface area contributed by atoms with Crippen LogP contribution in [0.5, 0.6) is 0 Å². The lowest BCUT2D eigenvalue weighted by Crippen LogP contribution is -2.50. The van der Waals surface area contributed by atoms with Gasteiger partial charge in [-0.25, -0.2) is 14.8 Å². The van der Waals surface area contributed by atoms with Crippen LogP contribution in [-0.2, 0) is 4.74 Å². The standard InChI is InChI=1S/C17H23N5O2/c1-12-15(20-13-5-6-18-11-14(13)19-12)21-7-9-22(10-8-21)16(23)24-17(2,3)4/h5-6,11H,7-10H2,1-4H3. The molecule has 128 valence electrons. The number of amides is 1. The molecule has 1 amide bonds. The molecule has 2 aromatic heterocycles. The zero-order chi connectivity index (χ0) is 17.3. The Hall–Kier alpha value is -2.44. The first-order chi connectivity index (χ1) is 11.3. The maximum Gasteiger partial charge on any atom is 0.410 e. The lowest BCUT2D eigenvalue weighted by Gasteiger charge is -2.36. The molecule has 1 aliphatic rings. The Labute approximate surface area is 141 Å². The van der Waals surface area contributed by atoms with E-state index in [-0.39, 0.29) is 6.09 Å². The fourth-order valence-electron chi connectivity index (χ4n) is 2.71. The van der Waals surface area contributed by atoms with Crippen molar-refractivity contribution in [3.63, 3.8) is 0 Å². The van der Waals surface area contributed by atoms with Crippen molar-refractivity contribution in [3.8, 4) is 0 Å². The van der Waals surface area contributed by atoms with Crippen LogP contribution >= 0.6 is 0 Å². The number of nitrogens with zero attached hydrogens (tertiary/aromatic N) is 5. The van der Waals surface area contributed by atoms with Crippen molar-refractivity contribution in [1.29, 1.82) is 0 Å². The highest BCUT2D eigenvalue weighted by Gasteiger charge is 2.27. The maximum atomic E-state index is 12.1. The van der Waals surface area contributed by atoms with Gasteiger partial charge in [0.05, 0.1) is 17.4 Å². The second-order valence-electron chi connectivity index (χ2n) is 6.95. The van der Waals surface area contributed by atoms with Crippen LogP contribution < -0.4 is 4.90 Å². The summed E-state index contributed by atoms with van der Waals surface area (Å²) in [6.45, 7) is 10.2. The number of anilines is 1. The molecule has 7 heteroatoms. The van der Waals surface area contributed by atoms with Crippen LogP contribution in [0, 0.1) is 6.92 Å². The van der Waals surface area contributed by atoms with Crippen LogP contribution in [-0.4, -0.2) is 57.7 Å². The third-order valence-corrected chi connectivity index (χ3v) is 3.85. The Bertz CT molecular complexity index is 748. The van der Waals surface area contributed by atoms with Crippen molar-refractivity contribution >= 4 is 22.9 Å². The number of aromatic nitrogens is 3. The minimum absolute atomic E-state index is 0.255. The Morgan fingerprint density at radius 3 is 2.50 bits per heavy atom. The Morgan fingerprint density at radius 1 is 1.12 bits per heavy atom. The molecule has 7 nitrogen and oxygen atoms in total. The lowest BCUT2D eigenvalue weighted by atomic mass is 10.2. The molecule has 24 heavy (non-hydrogen) atoms. The van der Waals surface area contributed by atoms with Crippen molar-refractivity contribution < 1.29 is 9.53 Å². The van der Waals surface area contributed by atoms with Gasteiger partial charge in [-0.2, -0.15) is 0 Å². The van der Waals surface area contributed by atoms with Crippen LogP contribution in [0.25, 0.3) is 11.0 Å². The van der Waals surface area contributed by atoms with Crippen molar-refractivity contribution in [2.45, 2.75) is 33.3 Å². The first-order valence-electron chi connectivity index (χ1n) is 8.15. The van der Waals surface area contributed by atoms with Crippen molar-refractivity contribution in [1.82, 2.24) is 19.9 Å². The normalized spacial score (nSPS) is 15.7. The van der Waals surface area contributed by atoms with Crippen molar-refractivity contribution in [2.24, 2.45) is 0 Å². The molecule has 0 aromatic carbocycles. The highest BCUT2D eigenvalue weighted by molar-refractivity contribution is 5.75. The molecule has 1 aliphatic heterocycles. The monoisotopic (exact) mass is 329 g/mol. The number of hydrogen-bond acceptors (Lipinski definition) is 6.